The van der Waals surface area contributed by atoms with Gasteiger partial charge in [0.1, 0.15) is 5.78 Å². The zero-order valence-corrected chi connectivity index (χ0v) is 8.35. The molecular formula is C6H9NaO3. The molecule has 0 aliphatic carbocycles. The third-order valence-corrected chi connectivity index (χ3v) is 1.00. The maximum Gasteiger partial charge on any atom is 1.00 e. The number of aliphatic carboxylic acids is 1. The minimum absolute atomic E-state index is 0. The molecule has 0 atom stereocenters. The molecule has 0 rings (SSSR count). The quantitative estimate of drug-likeness (QED) is 0.393. The number of carboxylic acids is 1. The van der Waals surface area contributed by atoms with Crippen LogP contribution in [0.1, 0.15) is 26.2 Å². The summed E-state index contributed by atoms with van der Waals surface area (Å²) in [6, 6.07) is 0. The van der Waals surface area contributed by atoms with Gasteiger partial charge >= 0.3 is 29.6 Å². The average Bonchev–Trinajstić information content (AvgIpc) is 1.83. The predicted octanol–water partition coefficient (Wildman–Crippen LogP) is -3.50. The summed E-state index contributed by atoms with van der Waals surface area (Å²) in [5, 5.41) is 9.76. The SMILES string of the molecule is CCC(=O)CCC(=O)[O-].[Na+]. The fraction of sp³-hybridized carbons (Fsp3) is 0.667. The summed E-state index contributed by atoms with van der Waals surface area (Å²) in [4.78, 5) is 20.2. The fourth-order valence-corrected chi connectivity index (χ4v) is 0.418. The molecular weight excluding hydrogens is 143 g/mol. The second kappa shape index (κ2) is 7.25. The number of Topliss-reactive ketones (excluding diaryl/α,β-unsaturated/α-hetero) is 1. The molecule has 0 amide bonds. The van der Waals surface area contributed by atoms with Crippen molar-refractivity contribution in [2.24, 2.45) is 0 Å². The van der Waals surface area contributed by atoms with Gasteiger partial charge in [-0.05, 0) is 6.42 Å². The summed E-state index contributed by atoms with van der Waals surface area (Å²) in [7, 11) is 0. The number of carbonyl (C=O) groups excluding carboxylic acids is 2. The molecule has 3 nitrogen and oxygen atoms in total. The van der Waals surface area contributed by atoms with E-state index in [1.165, 1.54) is 0 Å². The van der Waals surface area contributed by atoms with Crippen LogP contribution in [0.15, 0.2) is 0 Å². The minimum atomic E-state index is -1.16. The van der Waals surface area contributed by atoms with Gasteiger partial charge in [-0.25, -0.2) is 0 Å². The largest absolute Gasteiger partial charge is 1.00 e. The zero-order valence-electron chi connectivity index (χ0n) is 6.35. The first kappa shape index (κ1) is 12.8. The molecule has 0 N–H and O–H groups in total. The van der Waals surface area contributed by atoms with Gasteiger partial charge in [-0.2, -0.15) is 0 Å². The van der Waals surface area contributed by atoms with Crippen LogP contribution in [0.3, 0.4) is 0 Å². The molecule has 0 aromatic heterocycles. The first-order valence-electron chi connectivity index (χ1n) is 2.88. The third kappa shape index (κ3) is 8.14. The number of ketones is 1. The predicted molar refractivity (Wildman–Crippen MR) is 29.5 cm³/mol. The molecule has 0 saturated heterocycles. The van der Waals surface area contributed by atoms with Crippen molar-refractivity contribution in [1.29, 1.82) is 0 Å². The molecule has 0 fully saturated rings. The Morgan fingerprint density at radius 2 is 1.80 bits per heavy atom. The van der Waals surface area contributed by atoms with Crippen LogP contribution in [0.4, 0.5) is 0 Å². The van der Waals surface area contributed by atoms with E-state index in [1.807, 2.05) is 0 Å². The maximum absolute atomic E-state index is 10.4. The van der Waals surface area contributed by atoms with Crippen LogP contribution in [0, 0.1) is 0 Å². The van der Waals surface area contributed by atoms with Crippen LogP contribution in [0.5, 0.6) is 0 Å². The van der Waals surface area contributed by atoms with E-state index in [2.05, 4.69) is 0 Å². The van der Waals surface area contributed by atoms with E-state index < -0.39 is 5.97 Å². The first-order chi connectivity index (χ1) is 4.16. The summed E-state index contributed by atoms with van der Waals surface area (Å²) >= 11 is 0. The Labute approximate surface area is 82.1 Å². The smallest absolute Gasteiger partial charge is 0.550 e. The number of carboxylic acid groups (broad SMARTS) is 1. The maximum atomic E-state index is 10.4. The molecule has 0 heterocycles. The van der Waals surface area contributed by atoms with Gasteiger partial charge in [0.05, 0.1) is 0 Å². The first-order valence-corrected chi connectivity index (χ1v) is 2.88. The Morgan fingerprint density at radius 1 is 1.30 bits per heavy atom. The van der Waals surface area contributed by atoms with Crippen LogP contribution < -0.4 is 34.7 Å². The van der Waals surface area contributed by atoms with E-state index in [4.69, 9.17) is 0 Å². The minimum Gasteiger partial charge on any atom is -0.550 e. The van der Waals surface area contributed by atoms with E-state index in [1.54, 1.807) is 6.92 Å². The van der Waals surface area contributed by atoms with Gasteiger partial charge in [0.25, 0.3) is 0 Å². The normalized spacial score (nSPS) is 8.10. The van der Waals surface area contributed by atoms with E-state index >= 15 is 0 Å². The summed E-state index contributed by atoms with van der Waals surface area (Å²) < 4.78 is 0. The van der Waals surface area contributed by atoms with Crippen LogP contribution in [0.2, 0.25) is 0 Å². The van der Waals surface area contributed by atoms with Gasteiger partial charge in [-0.3, -0.25) is 4.79 Å². The zero-order chi connectivity index (χ0) is 7.28. The molecule has 0 unspecified atom stereocenters. The van der Waals surface area contributed by atoms with Gasteiger partial charge in [0, 0.05) is 18.8 Å². The molecule has 4 heteroatoms. The van der Waals surface area contributed by atoms with Crippen LogP contribution in [0.25, 0.3) is 0 Å². The molecule has 0 spiro atoms. The van der Waals surface area contributed by atoms with Crippen molar-refractivity contribution in [3.8, 4) is 0 Å². The number of hydrogen-bond acceptors (Lipinski definition) is 3. The van der Waals surface area contributed by atoms with E-state index in [-0.39, 0.29) is 48.2 Å². The topological polar surface area (TPSA) is 57.2 Å². The van der Waals surface area contributed by atoms with Crippen LogP contribution in [-0.4, -0.2) is 11.8 Å². The molecule has 0 saturated carbocycles. The van der Waals surface area contributed by atoms with Crippen molar-refractivity contribution >= 4 is 11.8 Å². The fourth-order valence-electron chi connectivity index (χ4n) is 0.418. The van der Waals surface area contributed by atoms with E-state index in [9.17, 15) is 14.7 Å². The van der Waals surface area contributed by atoms with Crippen molar-refractivity contribution in [3.05, 3.63) is 0 Å². The van der Waals surface area contributed by atoms with Gasteiger partial charge in [-0.15, -0.1) is 0 Å². The molecule has 0 aromatic rings. The Bertz CT molecular complexity index is 122. The summed E-state index contributed by atoms with van der Waals surface area (Å²) in [5.74, 6) is -1.18. The van der Waals surface area contributed by atoms with Crippen molar-refractivity contribution in [1.82, 2.24) is 0 Å². The van der Waals surface area contributed by atoms with Crippen molar-refractivity contribution in [2.45, 2.75) is 26.2 Å². The Kier molecular flexibility index (Phi) is 9.27. The second-order valence-corrected chi connectivity index (χ2v) is 1.76. The molecule has 10 heavy (non-hydrogen) atoms. The van der Waals surface area contributed by atoms with Gasteiger partial charge in [0.15, 0.2) is 0 Å². The molecule has 0 aromatic carbocycles. The van der Waals surface area contributed by atoms with Gasteiger partial charge < -0.3 is 9.90 Å². The van der Waals surface area contributed by atoms with Gasteiger partial charge in [-0.1, -0.05) is 6.92 Å². The van der Waals surface area contributed by atoms with Gasteiger partial charge in [0.2, 0.25) is 0 Å². The molecule has 0 aliphatic rings. The van der Waals surface area contributed by atoms with E-state index in [0.717, 1.165) is 0 Å². The summed E-state index contributed by atoms with van der Waals surface area (Å²) in [6.45, 7) is 1.71. The van der Waals surface area contributed by atoms with Crippen molar-refractivity contribution < 1.29 is 44.3 Å². The number of rotatable bonds is 4. The molecule has 0 bridgehead atoms. The molecule has 0 radical (unpaired) electrons. The van der Waals surface area contributed by atoms with E-state index in [0.29, 0.717) is 6.42 Å². The summed E-state index contributed by atoms with van der Waals surface area (Å²) in [6.07, 6.45) is 0.374. The average molecular weight is 152 g/mol. The van der Waals surface area contributed by atoms with Crippen LogP contribution in [-0.2, 0) is 9.59 Å². The Hall–Kier alpha value is 0.140. The molecule has 0 aliphatic heterocycles. The standard InChI is InChI=1S/C6H10O3.Na/c1-2-5(7)3-4-6(8)9;/h2-4H2,1H3,(H,8,9);/q;+1/p-1. The van der Waals surface area contributed by atoms with Crippen molar-refractivity contribution in [2.75, 3.05) is 0 Å². The number of hydrogen-bond donors (Lipinski definition) is 0. The summed E-state index contributed by atoms with van der Waals surface area (Å²) in [5.41, 5.74) is 0. The van der Waals surface area contributed by atoms with Crippen molar-refractivity contribution in [3.63, 3.8) is 0 Å². The Balaban J connectivity index is 0. The number of carbonyl (C=O) groups is 2. The van der Waals surface area contributed by atoms with Crippen LogP contribution >= 0.6 is 0 Å². The third-order valence-electron chi connectivity index (χ3n) is 1.00. The second-order valence-electron chi connectivity index (χ2n) is 1.76. The Morgan fingerprint density at radius 3 is 2.10 bits per heavy atom. The molecule has 52 valence electrons. The monoisotopic (exact) mass is 152 g/mol.